The summed E-state index contributed by atoms with van der Waals surface area (Å²) in [6.45, 7) is 15.7. The summed E-state index contributed by atoms with van der Waals surface area (Å²) in [6.07, 6.45) is 10.9. The van der Waals surface area contributed by atoms with Gasteiger partial charge in [0.25, 0.3) is 0 Å². The molecule has 0 saturated carbocycles. The number of benzene rings is 2. The summed E-state index contributed by atoms with van der Waals surface area (Å²) in [4.78, 5) is 2.31. The number of nitrogens with zero attached hydrogens (tertiary/aromatic N) is 2. The Morgan fingerprint density at radius 2 is 1.36 bits per heavy atom. The van der Waals surface area contributed by atoms with E-state index in [1.54, 1.807) is 0 Å². The third-order valence-corrected chi connectivity index (χ3v) is 6.61. The lowest BCUT2D eigenvalue weighted by Gasteiger charge is -2.23. The molecule has 0 aromatic heterocycles. The predicted molar refractivity (Wildman–Crippen MR) is 145 cm³/mol. The van der Waals surface area contributed by atoms with Gasteiger partial charge in [-0.05, 0) is 37.5 Å². The minimum Gasteiger partial charge on any atom is -0.347 e. The summed E-state index contributed by atoms with van der Waals surface area (Å²) in [6, 6.07) is 17.4. The molecule has 0 radical (unpaired) electrons. The Hall–Kier alpha value is -2.87. The molecular formula is C31H41N2+. The Morgan fingerprint density at radius 1 is 0.788 bits per heavy atom. The predicted octanol–water partition coefficient (Wildman–Crippen LogP) is 7.78. The molecule has 2 heterocycles. The Bertz CT molecular complexity index is 1120. The second kappa shape index (κ2) is 9.55. The average Bonchev–Trinajstić information content (AvgIpc) is 3.07. The highest BCUT2D eigenvalue weighted by molar-refractivity contribution is 6.03. The number of hydrogen-bond donors (Lipinski definition) is 0. The fourth-order valence-corrected chi connectivity index (χ4v) is 4.96. The zero-order chi connectivity index (χ0) is 24.4. The molecule has 0 bridgehead atoms. The van der Waals surface area contributed by atoms with Crippen LogP contribution in [0.15, 0.2) is 84.6 Å². The summed E-state index contributed by atoms with van der Waals surface area (Å²) in [5, 5.41) is 0. The third kappa shape index (κ3) is 4.76. The molecule has 0 saturated heterocycles. The summed E-state index contributed by atoms with van der Waals surface area (Å²) < 4.78 is 2.31. The van der Waals surface area contributed by atoms with Gasteiger partial charge in [0.05, 0.1) is 5.41 Å². The Labute approximate surface area is 201 Å². The first-order valence-corrected chi connectivity index (χ1v) is 12.1. The van der Waals surface area contributed by atoms with Crippen molar-refractivity contribution in [3.8, 4) is 0 Å². The van der Waals surface area contributed by atoms with Crippen LogP contribution >= 0.6 is 0 Å². The first-order valence-electron chi connectivity index (χ1n) is 12.1. The number of likely N-dealkylation sites (N-methyl/N-ethyl adjacent to an activating group) is 1. The van der Waals surface area contributed by atoms with Crippen LogP contribution in [0.3, 0.4) is 0 Å². The Balaban J connectivity index is 0.000000709. The monoisotopic (exact) mass is 441 g/mol. The summed E-state index contributed by atoms with van der Waals surface area (Å²) in [7, 11) is 4.32. The van der Waals surface area contributed by atoms with Crippen LogP contribution in [0.1, 0.15) is 59.6 Å². The third-order valence-electron chi connectivity index (χ3n) is 6.61. The Kier molecular flexibility index (Phi) is 7.17. The molecule has 0 fully saturated rings. The molecule has 2 nitrogen and oxygen atoms in total. The normalized spacial score (nSPS) is 19.5. The summed E-state index contributed by atoms with van der Waals surface area (Å²) in [5.74, 6) is 0.833. The minimum atomic E-state index is 0.0173. The highest BCUT2D eigenvalue weighted by atomic mass is 15.2. The van der Waals surface area contributed by atoms with Crippen LogP contribution in [0.4, 0.5) is 11.4 Å². The van der Waals surface area contributed by atoms with E-state index >= 15 is 0 Å². The van der Waals surface area contributed by atoms with E-state index in [1.807, 2.05) is 0 Å². The maximum atomic E-state index is 2.31. The molecular weight excluding hydrogens is 400 g/mol. The van der Waals surface area contributed by atoms with Crippen molar-refractivity contribution in [2.24, 2.45) is 5.92 Å². The fraction of sp³-hybridized carbons (Fsp3) is 0.387. The van der Waals surface area contributed by atoms with Gasteiger partial charge in [-0.15, -0.1) is 0 Å². The second-order valence-electron chi connectivity index (χ2n) is 10.8. The quantitative estimate of drug-likeness (QED) is 0.348. The number of fused-ring (bicyclic) bond motifs is 2. The Morgan fingerprint density at radius 3 is 1.97 bits per heavy atom. The number of hydrogen-bond acceptors (Lipinski definition) is 1. The summed E-state index contributed by atoms with van der Waals surface area (Å²) in [5.41, 5.74) is 8.06. The van der Waals surface area contributed by atoms with Crippen molar-refractivity contribution in [1.82, 2.24) is 0 Å². The molecule has 2 aromatic rings. The topological polar surface area (TPSA) is 6.25 Å². The molecule has 2 aromatic carbocycles. The molecule has 0 N–H and O–H groups in total. The van der Waals surface area contributed by atoms with Crippen molar-refractivity contribution < 1.29 is 4.58 Å². The van der Waals surface area contributed by atoms with E-state index in [1.165, 1.54) is 33.9 Å². The van der Waals surface area contributed by atoms with Gasteiger partial charge in [-0.3, -0.25) is 0 Å². The van der Waals surface area contributed by atoms with Gasteiger partial charge in [0.15, 0.2) is 5.71 Å². The van der Waals surface area contributed by atoms with Gasteiger partial charge in [0.1, 0.15) is 7.05 Å². The van der Waals surface area contributed by atoms with Crippen molar-refractivity contribution >= 4 is 17.1 Å². The van der Waals surface area contributed by atoms with Gasteiger partial charge in [-0.1, -0.05) is 89.2 Å². The fourth-order valence-electron chi connectivity index (χ4n) is 4.96. The molecule has 0 amide bonds. The van der Waals surface area contributed by atoms with E-state index in [2.05, 4.69) is 151 Å². The molecule has 2 heteroatoms. The van der Waals surface area contributed by atoms with Crippen molar-refractivity contribution in [1.29, 1.82) is 0 Å². The van der Waals surface area contributed by atoms with Crippen LogP contribution in [0, 0.1) is 5.92 Å². The van der Waals surface area contributed by atoms with Gasteiger partial charge >= 0.3 is 0 Å². The van der Waals surface area contributed by atoms with E-state index < -0.39 is 0 Å². The molecule has 4 rings (SSSR count). The molecule has 0 atom stereocenters. The molecule has 2 aliphatic heterocycles. The number of para-hydroxylation sites is 2. The first kappa shape index (κ1) is 24.8. The molecule has 0 unspecified atom stereocenters. The van der Waals surface area contributed by atoms with E-state index in [9.17, 15) is 0 Å². The highest BCUT2D eigenvalue weighted by Gasteiger charge is 2.42. The standard InChI is InChI=1S/C27H31N2.C4H10/c1-26(2)20-14-10-12-16-22(20)28(5)24(26)18-8-7-9-19-25-27(3,4)21-15-11-13-17-23(21)29(25)6;1-4(2)3/h7-19H,1-6H3;4H,1-3H3/q+1;. The minimum absolute atomic E-state index is 0.0173. The van der Waals surface area contributed by atoms with Crippen molar-refractivity contribution in [3.05, 3.63) is 95.7 Å². The number of allylic oxidation sites excluding steroid dienone is 6. The highest BCUT2D eigenvalue weighted by Crippen LogP contribution is 2.46. The van der Waals surface area contributed by atoms with Crippen molar-refractivity contribution in [3.63, 3.8) is 0 Å². The number of anilines is 1. The zero-order valence-electron chi connectivity index (χ0n) is 22.0. The second-order valence-corrected chi connectivity index (χ2v) is 10.8. The van der Waals surface area contributed by atoms with E-state index in [0.29, 0.717) is 0 Å². The van der Waals surface area contributed by atoms with Crippen molar-refractivity contribution in [2.45, 2.75) is 59.3 Å². The van der Waals surface area contributed by atoms with Gasteiger partial charge in [-0.25, -0.2) is 0 Å². The van der Waals surface area contributed by atoms with Crippen LogP contribution in [0.25, 0.3) is 0 Å². The lowest BCUT2D eigenvalue weighted by Crippen LogP contribution is -2.26. The van der Waals surface area contributed by atoms with E-state index in [4.69, 9.17) is 0 Å². The maximum Gasteiger partial charge on any atom is 0.209 e. The van der Waals surface area contributed by atoms with Gasteiger partial charge in [0.2, 0.25) is 5.69 Å². The lowest BCUT2D eigenvalue weighted by molar-refractivity contribution is -0.401. The zero-order valence-corrected chi connectivity index (χ0v) is 22.0. The van der Waals surface area contributed by atoms with E-state index in [-0.39, 0.29) is 10.8 Å². The maximum absolute atomic E-state index is 2.31. The van der Waals surface area contributed by atoms with Crippen LogP contribution in [0.2, 0.25) is 0 Å². The first-order chi connectivity index (χ1) is 15.5. The lowest BCUT2D eigenvalue weighted by atomic mass is 9.81. The van der Waals surface area contributed by atoms with Crippen molar-refractivity contribution in [2.75, 3.05) is 19.0 Å². The molecule has 174 valence electrons. The molecule has 0 spiro atoms. The van der Waals surface area contributed by atoms with Gasteiger partial charge in [0, 0.05) is 41.6 Å². The molecule has 33 heavy (non-hydrogen) atoms. The SMILES string of the molecule is CC(C)C.CN1\C(=C/C=C/C=C/C2=[N+](C)c3ccccc3C2(C)C)C(C)(C)c2ccccc21. The van der Waals surface area contributed by atoms with E-state index in [0.717, 1.165) is 5.92 Å². The smallest absolute Gasteiger partial charge is 0.209 e. The van der Waals surface area contributed by atoms with Gasteiger partial charge < -0.3 is 4.90 Å². The molecule has 2 aliphatic rings. The van der Waals surface area contributed by atoms with Crippen LogP contribution < -0.4 is 4.90 Å². The average molecular weight is 442 g/mol. The van der Waals surface area contributed by atoms with Gasteiger partial charge in [-0.2, -0.15) is 4.58 Å². The van der Waals surface area contributed by atoms with Crippen LogP contribution in [-0.4, -0.2) is 24.4 Å². The largest absolute Gasteiger partial charge is 0.347 e. The molecule has 0 aliphatic carbocycles. The van der Waals surface area contributed by atoms with Crippen LogP contribution in [-0.2, 0) is 10.8 Å². The summed E-state index contributed by atoms with van der Waals surface area (Å²) >= 11 is 0. The van der Waals surface area contributed by atoms with Crippen LogP contribution in [0.5, 0.6) is 0 Å². The number of rotatable bonds is 3.